The lowest BCUT2D eigenvalue weighted by atomic mass is 10.1. The third-order valence-corrected chi connectivity index (χ3v) is 2.48. The second-order valence-corrected chi connectivity index (χ2v) is 3.78. The van der Waals surface area contributed by atoms with Crippen LogP contribution in [0.2, 0.25) is 0 Å². The molecule has 2 aromatic rings. The van der Waals surface area contributed by atoms with Gasteiger partial charge < -0.3 is 5.32 Å². The van der Waals surface area contributed by atoms with E-state index in [9.17, 15) is 8.78 Å². The van der Waals surface area contributed by atoms with Crippen LogP contribution in [0, 0.1) is 23.0 Å². The summed E-state index contributed by atoms with van der Waals surface area (Å²) >= 11 is 0. The average molecular weight is 244 g/mol. The molecule has 2 aromatic carbocycles. The van der Waals surface area contributed by atoms with Crippen molar-refractivity contribution in [3.63, 3.8) is 0 Å². The lowest BCUT2D eigenvalue weighted by Crippen LogP contribution is -2.02. The smallest absolute Gasteiger partial charge is 0.128 e. The summed E-state index contributed by atoms with van der Waals surface area (Å²) in [4.78, 5) is 0. The molecule has 0 aliphatic carbocycles. The lowest BCUT2D eigenvalue weighted by Gasteiger charge is -2.08. The van der Waals surface area contributed by atoms with E-state index in [-0.39, 0.29) is 0 Å². The minimum Gasteiger partial charge on any atom is -0.381 e. The number of nitriles is 1. The van der Waals surface area contributed by atoms with Crippen LogP contribution >= 0.6 is 0 Å². The number of nitrogens with zero attached hydrogens (tertiary/aromatic N) is 1. The molecule has 0 amide bonds. The standard InChI is InChI=1S/C14H10F2N2/c15-12-5-13(16)7-14(6-12)18-9-11-4-2-1-3-10(11)8-17/h1-7,18H,9H2. The van der Waals surface area contributed by atoms with Gasteiger partial charge >= 0.3 is 0 Å². The Morgan fingerprint density at radius 1 is 1.06 bits per heavy atom. The maximum atomic E-state index is 13.0. The molecule has 0 fully saturated rings. The number of benzene rings is 2. The van der Waals surface area contributed by atoms with Gasteiger partial charge in [-0.3, -0.25) is 0 Å². The van der Waals surface area contributed by atoms with Crippen LogP contribution < -0.4 is 5.32 Å². The maximum absolute atomic E-state index is 13.0. The zero-order valence-electron chi connectivity index (χ0n) is 9.45. The van der Waals surface area contributed by atoms with Gasteiger partial charge in [-0.1, -0.05) is 18.2 Å². The first-order valence-corrected chi connectivity index (χ1v) is 5.37. The van der Waals surface area contributed by atoms with E-state index >= 15 is 0 Å². The number of hydrogen-bond acceptors (Lipinski definition) is 2. The second kappa shape index (κ2) is 5.28. The van der Waals surface area contributed by atoms with E-state index in [0.29, 0.717) is 17.8 Å². The van der Waals surface area contributed by atoms with Crippen molar-refractivity contribution >= 4 is 5.69 Å². The molecule has 0 heterocycles. The molecule has 2 nitrogen and oxygen atoms in total. The summed E-state index contributed by atoms with van der Waals surface area (Å²) in [7, 11) is 0. The Labute approximate surface area is 103 Å². The second-order valence-electron chi connectivity index (χ2n) is 3.78. The van der Waals surface area contributed by atoms with Crippen molar-refractivity contribution in [2.75, 3.05) is 5.32 Å². The van der Waals surface area contributed by atoms with Crippen molar-refractivity contribution in [2.24, 2.45) is 0 Å². The minimum atomic E-state index is -0.633. The average Bonchev–Trinajstić information content (AvgIpc) is 2.35. The largest absolute Gasteiger partial charge is 0.381 e. The molecule has 0 spiro atoms. The highest BCUT2D eigenvalue weighted by atomic mass is 19.1. The third kappa shape index (κ3) is 2.83. The number of halogens is 2. The highest BCUT2D eigenvalue weighted by Crippen LogP contribution is 2.15. The summed E-state index contributed by atoms with van der Waals surface area (Å²) in [5.74, 6) is -1.27. The molecule has 90 valence electrons. The van der Waals surface area contributed by atoms with Gasteiger partial charge in [0.25, 0.3) is 0 Å². The van der Waals surface area contributed by atoms with Crippen molar-refractivity contribution in [3.8, 4) is 6.07 Å². The van der Waals surface area contributed by atoms with Gasteiger partial charge in [0, 0.05) is 18.3 Å². The van der Waals surface area contributed by atoms with E-state index in [1.807, 2.05) is 6.07 Å². The van der Waals surface area contributed by atoms with Gasteiger partial charge in [0.2, 0.25) is 0 Å². The first-order chi connectivity index (χ1) is 8.69. The molecule has 4 heteroatoms. The van der Waals surface area contributed by atoms with Crippen LogP contribution in [-0.4, -0.2) is 0 Å². The van der Waals surface area contributed by atoms with E-state index < -0.39 is 11.6 Å². The molecular weight excluding hydrogens is 234 g/mol. The van der Waals surface area contributed by atoms with E-state index in [0.717, 1.165) is 11.6 Å². The van der Waals surface area contributed by atoms with Gasteiger partial charge in [-0.2, -0.15) is 5.26 Å². The number of anilines is 1. The molecule has 0 aliphatic rings. The Hall–Kier alpha value is -2.41. The van der Waals surface area contributed by atoms with Crippen molar-refractivity contribution < 1.29 is 8.78 Å². The van der Waals surface area contributed by atoms with Crippen LogP contribution in [0.3, 0.4) is 0 Å². The van der Waals surface area contributed by atoms with E-state index in [1.165, 1.54) is 12.1 Å². The molecule has 0 radical (unpaired) electrons. The summed E-state index contributed by atoms with van der Waals surface area (Å²) in [5, 5.41) is 11.8. The Morgan fingerprint density at radius 2 is 1.72 bits per heavy atom. The summed E-state index contributed by atoms with van der Waals surface area (Å²) in [6.45, 7) is 0.340. The van der Waals surface area contributed by atoms with Gasteiger partial charge in [0.1, 0.15) is 11.6 Å². The van der Waals surface area contributed by atoms with E-state index in [4.69, 9.17) is 5.26 Å². The van der Waals surface area contributed by atoms with Crippen LogP contribution in [0.1, 0.15) is 11.1 Å². The molecule has 2 rings (SSSR count). The SMILES string of the molecule is N#Cc1ccccc1CNc1cc(F)cc(F)c1. The summed E-state index contributed by atoms with van der Waals surface area (Å²) in [5.41, 5.74) is 1.67. The number of hydrogen-bond donors (Lipinski definition) is 1. The normalized spacial score (nSPS) is 9.83. The zero-order valence-corrected chi connectivity index (χ0v) is 9.45. The van der Waals surface area contributed by atoms with Crippen LogP contribution in [0.5, 0.6) is 0 Å². The molecule has 18 heavy (non-hydrogen) atoms. The lowest BCUT2D eigenvalue weighted by molar-refractivity contribution is 0.584. The molecular formula is C14H10F2N2. The monoisotopic (exact) mass is 244 g/mol. The highest BCUT2D eigenvalue weighted by Gasteiger charge is 2.03. The Kier molecular flexibility index (Phi) is 3.54. The summed E-state index contributed by atoms with van der Waals surface area (Å²) in [6, 6.07) is 12.4. The third-order valence-electron chi connectivity index (χ3n) is 2.48. The fraction of sp³-hybridized carbons (Fsp3) is 0.0714. The van der Waals surface area contributed by atoms with Gasteiger partial charge in [-0.15, -0.1) is 0 Å². The fourth-order valence-electron chi connectivity index (χ4n) is 1.64. The quantitative estimate of drug-likeness (QED) is 0.897. The molecule has 0 unspecified atom stereocenters. The van der Waals surface area contributed by atoms with Crippen molar-refractivity contribution in [3.05, 3.63) is 65.2 Å². The molecule has 0 atom stereocenters. The van der Waals surface area contributed by atoms with Gasteiger partial charge in [-0.05, 0) is 23.8 Å². The molecule has 0 aromatic heterocycles. The molecule has 0 aliphatic heterocycles. The number of nitrogens with one attached hydrogen (secondary N) is 1. The highest BCUT2D eigenvalue weighted by molar-refractivity contribution is 5.46. The molecule has 1 N–H and O–H groups in total. The molecule has 0 saturated heterocycles. The Balaban J connectivity index is 2.14. The Bertz CT molecular complexity index is 583. The zero-order chi connectivity index (χ0) is 13.0. The predicted molar refractivity (Wildman–Crippen MR) is 64.8 cm³/mol. The van der Waals surface area contributed by atoms with E-state index in [2.05, 4.69) is 11.4 Å². The minimum absolute atomic E-state index is 0.340. The van der Waals surface area contributed by atoms with Crippen molar-refractivity contribution in [2.45, 2.75) is 6.54 Å². The first kappa shape index (κ1) is 12.1. The van der Waals surface area contributed by atoms with Crippen molar-refractivity contribution in [1.82, 2.24) is 0 Å². The van der Waals surface area contributed by atoms with Gasteiger partial charge in [0.15, 0.2) is 0 Å². The number of rotatable bonds is 3. The van der Waals surface area contributed by atoms with Crippen LogP contribution in [0.15, 0.2) is 42.5 Å². The van der Waals surface area contributed by atoms with Crippen molar-refractivity contribution in [1.29, 1.82) is 5.26 Å². The van der Waals surface area contributed by atoms with Crippen LogP contribution in [0.4, 0.5) is 14.5 Å². The topological polar surface area (TPSA) is 35.8 Å². The van der Waals surface area contributed by atoms with Gasteiger partial charge in [-0.25, -0.2) is 8.78 Å². The van der Waals surface area contributed by atoms with Crippen LogP contribution in [0.25, 0.3) is 0 Å². The Morgan fingerprint density at radius 3 is 2.39 bits per heavy atom. The summed E-state index contributed by atoms with van der Waals surface area (Å²) < 4.78 is 25.9. The van der Waals surface area contributed by atoms with Crippen LogP contribution in [-0.2, 0) is 6.54 Å². The maximum Gasteiger partial charge on any atom is 0.128 e. The van der Waals surface area contributed by atoms with Gasteiger partial charge in [0.05, 0.1) is 11.6 Å². The summed E-state index contributed by atoms with van der Waals surface area (Å²) in [6.07, 6.45) is 0. The fourth-order valence-corrected chi connectivity index (χ4v) is 1.64. The molecule has 0 bridgehead atoms. The van der Waals surface area contributed by atoms with E-state index in [1.54, 1.807) is 18.2 Å². The molecule has 0 saturated carbocycles. The predicted octanol–water partition coefficient (Wildman–Crippen LogP) is 3.45. The first-order valence-electron chi connectivity index (χ1n) is 5.37.